The van der Waals surface area contributed by atoms with Crippen LogP contribution in [-0.2, 0) is 6.54 Å². The Bertz CT molecular complexity index is 1010. The van der Waals surface area contributed by atoms with Gasteiger partial charge in [0, 0.05) is 18.4 Å². The van der Waals surface area contributed by atoms with E-state index in [9.17, 15) is 9.59 Å². The van der Waals surface area contributed by atoms with E-state index in [4.69, 9.17) is 4.74 Å². The number of amides is 1. The Balaban J connectivity index is 2.09. The fraction of sp³-hybridized carbons (Fsp3) is 0.211. The first kappa shape index (κ1) is 16.7. The number of hydrogen-bond acceptors (Lipinski definition) is 4. The zero-order valence-corrected chi connectivity index (χ0v) is 14.4. The summed E-state index contributed by atoms with van der Waals surface area (Å²) in [7, 11) is 1.53. The van der Waals surface area contributed by atoms with Crippen molar-refractivity contribution in [3.8, 4) is 5.75 Å². The Hall–Kier alpha value is -3.15. The second-order valence-electron chi connectivity index (χ2n) is 5.64. The quantitative estimate of drug-likeness (QED) is 0.794. The van der Waals surface area contributed by atoms with Gasteiger partial charge in [0.1, 0.15) is 17.0 Å². The van der Waals surface area contributed by atoms with Crippen molar-refractivity contribution < 1.29 is 9.53 Å². The minimum absolute atomic E-state index is 0.0749. The molecule has 2 aromatic heterocycles. The molecular formula is C19H19N3O3. The molecule has 0 spiro atoms. The molecule has 0 unspecified atom stereocenters. The van der Waals surface area contributed by atoms with E-state index in [-0.39, 0.29) is 11.0 Å². The van der Waals surface area contributed by atoms with Gasteiger partial charge in [0.15, 0.2) is 0 Å². The highest BCUT2D eigenvalue weighted by Crippen LogP contribution is 2.23. The number of nitrogens with zero attached hydrogens (tertiary/aromatic N) is 2. The number of carbonyl (C=O) groups excluding carboxylic acids is 1. The summed E-state index contributed by atoms with van der Waals surface area (Å²) in [6.07, 6.45) is 1.56. The first-order valence-corrected chi connectivity index (χ1v) is 8.00. The van der Waals surface area contributed by atoms with Crippen LogP contribution in [0.5, 0.6) is 5.75 Å². The van der Waals surface area contributed by atoms with E-state index >= 15 is 0 Å². The molecule has 1 N–H and O–H groups in total. The Morgan fingerprint density at radius 2 is 2.00 bits per heavy atom. The summed E-state index contributed by atoms with van der Waals surface area (Å²) in [6, 6.07) is 10.5. The van der Waals surface area contributed by atoms with Gasteiger partial charge in [0.05, 0.1) is 18.2 Å². The topological polar surface area (TPSA) is 73.2 Å². The zero-order valence-electron chi connectivity index (χ0n) is 14.4. The monoisotopic (exact) mass is 337 g/mol. The molecule has 0 aliphatic rings. The van der Waals surface area contributed by atoms with E-state index in [0.717, 1.165) is 5.69 Å². The molecule has 0 aliphatic heterocycles. The number of aryl methyl sites for hydroxylation is 2. The molecule has 1 amide bonds. The van der Waals surface area contributed by atoms with Crippen LogP contribution in [0.4, 0.5) is 5.69 Å². The average Bonchev–Trinajstić information content (AvgIpc) is 2.62. The number of hydrogen-bond donors (Lipinski definition) is 1. The smallest absolute Gasteiger partial charge is 0.261 e. The number of para-hydroxylation sites is 2. The lowest BCUT2D eigenvalue weighted by atomic mass is 10.1. The number of fused-ring (bicyclic) bond motifs is 1. The van der Waals surface area contributed by atoms with E-state index in [0.29, 0.717) is 29.0 Å². The van der Waals surface area contributed by atoms with Gasteiger partial charge in [-0.05, 0) is 38.1 Å². The Morgan fingerprint density at radius 3 is 2.72 bits per heavy atom. The largest absolute Gasteiger partial charge is 0.495 e. The molecule has 0 saturated carbocycles. The van der Waals surface area contributed by atoms with Gasteiger partial charge in [-0.3, -0.25) is 9.59 Å². The first-order chi connectivity index (χ1) is 12.0. The van der Waals surface area contributed by atoms with E-state index in [2.05, 4.69) is 10.3 Å². The molecule has 0 aliphatic carbocycles. The summed E-state index contributed by atoms with van der Waals surface area (Å²) in [6.45, 7) is 4.41. The summed E-state index contributed by atoms with van der Waals surface area (Å²) in [4.78, 5) is 29.9. The highest BCUT2D eigenvalue weighted by atomic mass is 16.5. The lowest BCUT2D eigenvalue weighted by Crippen LogP contribution is -2.24. The summed E-state index contributed by atoms with van der Waals surface area (Å²) in [5.74, 6) is 0.0592. The maximum Gasteiger partial charge on any atom is 0.261 e. The van der Waals surface area contributed by atoms with Gasteiger partial charge in [-0.2, -0.15) is 0 Å². The molecule has 3 aromatic rings. The van der Waals surface area contributed by atoms with E-state index in [1.54, 1.807) is 41.1 Å². The summed E-state index contributed by atoms with van der Waals surface area (Å²) in [5, 5.41) is 3.18. The standard InChI is InChI=1S/C19H19N3O3/c1-4-22-11-14(17(23)13-10-9-12(2)20-18(13)22)19(24)21-15-7-5-6-8-16(15)25-3/h5-11H,4H2,1-3H3,(H,21,24). The number of aromatic nitrogens is 2. The van der Waals surface area contributed by atoms with Crippen LogP contribution in [0.25, 0.3) is 11.0 Å². The third kappa shape index (κ3) is 3.10. The molecule has 0 radical (unpaired) electrons. The third-order valence-corrected chi connectivity index (χ3v) is 4.00. The number of anilines is 1. The minimum Gasteiger partial charge on any atom is -0.495 e. The number of carbonyl (C=O) groups is 1. The van der Waals surface area contributed by atoms with Crippen molar-refractivity contribution in [1.29, 1.82) is 0 Å². The van der Waals surface area contributed by atoms with Crippen LogP contribution < -0.4 is 15.5 Å². The molecule has 128 valence electrons. The van der Waals surface area contributed by atoms with Gasteiger partial charge in [0.2, 0.25) is 5.43 Å². The Kier molecular flexibility index (Phi) is 4.52. The summed E-state index contributed by atoms with van der Waals surface area (Å²) >= 11 is 0. The van der Waals surface area contributed by atoms with Crippen LogP contribution in [0.15, 0.2) is 47.4 Å². The van der Waals surface area contributed by atoms with Crippen LogP contribution in [0.3, 0.4) is 0 Å². The van der Waals surface area contributed by atoms with E-state index in [1.807, 2.05) is 19.9 Å². The number of benzene rings is 1. The molecule has 25 heavy (non-hydrogen) atoms. The number of pyridine rings is 2. The zero-order chi connectivity index (χ0) is 18.0. The van der Waals surface area contributed by atoms with Crippen LogP contribution in [0, 0.1) is 6.92 Å². The Morgan fingerprint density at radius 1 is 1.24 bits per heavy atom. The molecular weight excluding hydrogens is 318 g/mol. The molecule has 0 saturated heterocycles. The van der Waals surface area contributed by atoms with Crippen molar-refractivity contribution >= 4 is 22.6 Å². The number of ether oxygens (including phenoxy) is 1. The molecule has 3 rings (SSSR count). The van der Waals surface area contributed by atoms with Gasteiger partial charge >= 0.3 is 0 Å². The summed E-state index contributed by atoms with van der Waals surface area (Å²) in [5.41, 5.74) is 1.66. The van der Waals surface area contributed by atoms with Crippen molar-refractivity contribution in [3.05, 3.63) is 64.1 Å². The second-order valence-corrected chi connectivity index (χ2v) is 5.64. The minimum atomic E-state index is -0.473. The maximum atomic E-state index is 12.7. The van der Waals surface area contributed by atoms with Crippen LogP contribution in [0.2, 0.25) is 0 Å². The molecule has 0 fully saturated rings. The van der Waals surface area contributed by atoms with Gasteiger partial charge in [-0.25, -0.2) is 4.98 Å². The molecule has 0 bridgehead atoms. The van der Waals surface area contributed by atoms with Gasteiger partial charge < -0.3 is 14.6 Å². The average molecular weight is 337 g/mol. The number of nitrogens with one attached hydrogen (secondary N) is 1. The van der Waals surface area contributed by atoms with Gasteiger partial charge in [0.25, 0.3) is 5.91 Å². The number of rotatable bonds is 4. The van der Waals surface area contributed by atoms with Crippen molar-refractivity contribution in [2.24, 2.45) is 0 Å². The normalized spacial score (nSPS) is 10.7. The molecule has 6 heteroatoms. The predicted octanol–water partition coefficient (Wildman–Crippen LogP) is 2.99. The van der Waals surface area contributed by atoms with Crippen molar-refractivity contribution in [2.75, 3.05) is 12.4 Å². The highest BCUT2D eigenvalue weighted by molar-refractivity contribution is 6.06. The highest BCUT2D eigenvalue weighted by Gasteiger charge is 2.17. The molecule has 6 nitrogen and oxygen atoms in total. The molecule has 1 aromatic carbocycles. The van der Waals surface area contributed by atoms with Crippen molar-refractivity contribution in [3.63, 3.8) is 0 Å². The Labute approximate surface area is 145 Å². The lowest BCUT2D eigenvalue weighted by Gasteiger charge is -2.13. The lowest BCUT2D eigenvalue weighted by molar-refractivity contribution is 0.102. The predicted molar refractivity (Wildman–Crippen MR) is 97.4 cm³/mol. The van der Waals surface area contributed by atoms with Crippen molar-refractivity contribution in [1.82, 2.24) is 9.55 Å². The van der Waals surface area contributed by atoms with Crippen LogP contribution in [-0.4, -0.2) is 22.6 Å². The number of methoxy groups -OCH3 is 1. The molecule has 0 atom stereocenters. The summed E-state index contributed by atoms with van der Waals surface area (Å²) < 4.78 is 7.04. The maximum absolute atomic E-state index is 12.7. The van der Waals surface area contributed by atoms with Crippen LogP contribution >= 0.6 is 0 Å². The van der Waals surface area contributed by atoms with E-state index < -0.39 is 5.91 Å². The van der Waals surface area contributed by atoms with E-state index in [1.165, 1.54) is 7.11 Å². The molecule has 2 heterocycles. The second kappa shape index (κ2) is 6.76. The fourth-order valence-corrected chi connectivity index (χ4v) is 2.70. The third-order valence-electron chi connectivity index (χ3n) is 4.00. The van der Waals surface area contributed by atoms with Gasteiger partial charge in [-0.15, -0.1) is 0 Å². The van der Waals surface area contributed by atoms with Gasteiger partial charge in [-0.1, -0.05) is 12.1 Å². The van der Waals surface area contributed by atoms with Crippen molar-refractivity contribution in [2.45, 2.75) is 20.4 Å². The van der Waals surface area contributed by atoms with Crippen LogP contribution in [0.1, 0.15) is 23.0 Å². The first-order valence-electron chi connectivity index (χ1n) is 8.00. The SMILES string of the molecule is CCn1cc(C(=O)Nc2ccccc2OC)c(=O)c2ccc(C)nc21. The fourth-order valence-electron chi connectivity index (χ4n) is 2.70.